The van der Waals surface area contributed by atoms with Crippen LogP contribution < -0.4 is 5.32 Å². The second-order valence-electron chi connectivity index (χ2n) is 5.53. The molecule has 1 N–H and O–H groups in total. The van der Waals surface area contributed by atoms with E-state index in [9.17, 15) is 0 Å². The van der Waals surface area contributed by atoms with Gasteiger partial charge in [-0.15, -0.1) is 0 Å². The summed E-state index contributed by atoms with van der Waals surface area (Å²) in [6, 6.07) is 10.7. The Morgan fingerprint density at radius 3 is 3.00 bits per heavy atom. The molecule has 1 atom stereocenters. The monoisotopic (exact) mass is 285 g/mol. The van der Waals surface area contributed by atoms with Crippen molar-refractivity contribution >= 4 is 33.5 Å². The summed E-state index contributed by atoms with van der Waals surface area (Å²) in [4.78, 5) is 9.23. The molecule has 1 aromatic carbocycles. The van der Waals surface area contributed by atoms with Crippen LogP contribution in [0.2, 0.25) is 0 Å². The van der Waals surface area contributed by atoms with Crippen molar-refractivity contribution in [1.82, 2.24) is 4.98 Å². The lowest BCUT2D eigenvalue weighted by atomic mass is 10.1. The Hall–Kier alpha value is -1.55. The zero-order valence-corrected chi connectivity index (χ0v) is 12.7. The van der Waals surface area contributed by atoms with Crippen LogP contribution in [0.1, 0.15) is 20.3 Å². The number of para-hydroxylation sites is 1. The number of rotatable bonds is 3. The molecule has 2 heterocycles. The highest BCUT2D eigenvalue weighted by Gasteiger charge is 2.19. The zero-order valence-electron chi connectivity index (χ0n) is 11.8. The van der Waals surface area contributed by atoms with Gasteiger partial charge < -0.3 is 5.32 Å². The second-order valence-corrected chi connectivity index (χ2v) is 6.54. The Balaban J connectivity index is 1.80. The van der Waals surface area contributed by atoms with Crippen LogP contribution >= 0.6 is 11.8 Å². The van der Waals surface area contributed by atoms with Gasteiger partial charge >= 0.3 is 0 Å². The van der Waals surface area contributed by atoms with E-state index in [1.54, 1.807) is 11.8 Å². The average molecular weight is 285 g/mol. The van der Waals surface area contributed by atoms with E-state index in [-0.39, 0.29) is 0 Å². The first-order valence-corrected chi connectivity index (χ1v) is 8.02. The first-order chi connectivity index (χ1) is 9.72. The summed E-state index contributed by atoms with van der Waals surface area (Å²) in [7, 11) is 0. The summed E-state index contributed by atoms with van der Waals surface area (Å²) in [5.41, 5.74) is 2.05. The van der Waals surface area contributed by atoms with Gasteiger partial charge in [0, 0.05) is 17.3 Å². The van der Waals surface area contributed by atoms with Gasteiger partial charge in [-0.3, -0.25) is 9.98 Å². The summed E-state index contributed by atoms with van der Waals surface area (Å²) in [6.07, 6.45) is 2.99. The van der Waals surface area contributed by atoms with Crippen molar-refractivity contribution in [3.05, 3.63) is 36.5 Å². The van der Waals surface area contributed by atoms with Crippen LogP contribution in [0.25, 0.3) is 10.9 Å². The molecule has 0 saturated heterocycles. The zero-order chi connectivity index (χ0) is 13.9. The maximum absolute atomic E-state index is 4.77. The Morgan fingerprint density at radius 2 is 2.15 bits per heavy atom. The number of hydrogen-bond donors (Lipinski definition) is 1. The van der Waals surface area contributed by atoms with E-state index in [0.29, 0.717) is 12.0 Å². The molecule has 0 spiro atoms. The largest absolute Gasteiger partial charge is 0.333 e. The van der Waals surface area contributed by atoms with Gasteiger partial charge in [-0.05, 0) is 24.5 Å². The number of aliphatic imine (C=N–C) groups is 1. The number of anilines is 1. The summed E-state index contributed by atoms with van der Waals surface area (Å²) < 4.78 is 0. The molecule has 0 radical (unpaired) electrons. The predicted octanol–water partition coefficient (Wildman–Crippen LogP) is 4.16. The number of amidine groups is 1. The Bertz CT molecular complexity index is 631. The lowest BCUT2D eigenvalue weighted by molar-refractivity contribution is 0.529. The van der Waals surface area contributed by atoms with Crippen LogP contribution in [-0.4, -0.2) is 21.9 Å². The molecule has 0 amide bonds. The third-order valence-electron chi connectivity index (χ3n) is 3.33. The molecule has 1 unspecified atom stereocenters. The van der Waals surface area contributed by atoms with E-state index in [4.69, 9.17) is 4.99 Å². The molecule has 3 nitrogen and oxygen atoms in total. The van der Waals surface area contributed by atoms with E-state index < -0.39 is 0 Å². The van der Waals surface area contributed by atoms with Crippen molar-refractivity contribution in [3.63, 3.8) is 0 Å². The van der Waals surface area contributed by atoms with Gasteiger partial charge in [0.25, 0.3) is 0 Å². The van der Waals surface area contributed by atoms with Crippen molar-refractivity contribution in [2.75, 3.05) is 11.1 Å². The Labute approximate surface area is 123 Å². The summed E-state index contributed by atoms with van der Waals surface area (Å²) >= 11 is 1.81. The quantitative estimate of drug-likeness (QED) is 0.920. The minimum Gasteiger partial charge on any atom is -0.333 e. The van der Waals surface area contributed by atoms with Crippen LogP contribution in [0.4, 0.5) is 5.69 Å². The Morgan fingerprint density at radius 1 is 1.30 bits per heavy atom. The molecule has 3 rings (SSSR count). The molecule has 20 heavy (non-hydrogen) atoms. The van der Waals surface area contributed by atoms with Gasteiger partial charge in [0.2, 0.25) is 0 Å². The maximum Gasteiger partial charge on any atom is 0.161 e. The number of thioether (sulfide) groups is 1. The highest BCUT2D eigenvalue weighted by Crippen LogP contribution is 2.26. The first kappa shape index (κ1) is 13.4. The van der Waals surface area contributed by atoms with Crippen LogP contribution in [-0.2, 0) is 0 Å². The average Bonchev–Trinajstić information content (AvgIpc) is 2.86. The summed E-state index contributed by atoms with van der Waals surface area (Å²) in [5, 5.41) is 5.61. The van der Waals surface area contributed by atoms with Crippen molar-refractivity contribution in [1.29, 1.82) is 0 Å². The molecule has 1 aromatic heterocycles. The molecular formula is C16H19N3S. The van der Waals surface area contributed by atoms with E-state index in [0.717, 1.165) is 33.9 Å². The Kier molecular flexibility index (Phi) is 3.92. The maximum atomic E-state index is 4.77. The molecule has 104 valence electrons. The number of nitrogens with one attached hydrogen (secondary N) is 1. The number of pyridine rings is 1. The summed E-state index contributed by atoms with van der Waals surface area (Å²) in [6.45, 7) is 4.50. The van der Waals surface area contributed by atoms with Crippen LogP contribution in [0.15, 0.2) is 41.5 Å². The van der Waals surface area contributed by atoms with Crippen molar-refractivity contribution in [2.24, 2.45) is 10.9 Å². The SMILES string of the molecule is CC(C)CC1CSC(Nc2cccc3cccnc23)=N1. The van der Waals surface area contributed by atoms with E-state index >= 15 is 0 Å². The standard InChI is InChI=1S/C16H19N3S/c1-11(2)9-13-10-20-16(18-13)19-14-7-3-5-12-6-4-8-17-15(12)14/h3-8,11,13H,9-10H2,1-2H3,(H,18,19). The fraction of sp³-hybridized carbons (Fsp3) is 0.375. The predicted molar refractivity (Wildman–Crippen MR) is 88.5 cm³/mol. The van der Waals surface area contributed by atoms with E-state index in [1.807, 2.05) is 12.3 Å². The van der Waals surface area contributed by atoms with Crippen molar-refractivity contribution < 1.29 is 0 Å². The first-order valence-electron chi connectivity index (χ1n) is 7.04. The van der Waals surface area contributed by atoms with Gasteiger partial charge in [0.05, 0.1) is 17.2 Å². The molecular weight excluding hydrogens is 266 g/mol. The van der Waals surface area contributed by atoms with Crippen LogP contribution in [0.3, 0.4) is 0 Å². The second kappa shape index (κ2) is 5.83. The van der Waals surface area contributed by atoms with Gasteiger partial charge in [-0.1, -0.05) is 43.8 Å². The van der Waals surface area contributed by atoms with Crippen molar-refractivity contribution in [2.45, 2.75) is 26.3 Å². The molecule has 0 saturated carbocycles. The highest BCUT2D eigenvalue weighted by atomic mass is 32.2. The van der Waals surface area contributed by atoms with E-state index in [2.05, 4.69) is 48.4 Å². The van der Waals surface area contributed by atoms with Crippen LogP contribution in [0, 0.1) is 5.92 Å². The molecule has 0 aliphatic carbocycles. The fourth-order valence-corrected chi connectivity index (χ4v) is 3.44. The topological polar surface area (TPSA) is 37.3 Å². The van der Waals surface area contributed by atoms with Gasteiger partial charge in [0.1, 0.15) is 0 Å². The normalized spacial score (nSPS) is 18.6. The fourth-order valence-electron chi connectivity index (χ4n) is 2.47. The highest BCUT2D eigenvalue weighted by molar-refractivity contribution is 8.14. The third kappa shape index (κ3) is 2.96. The van der Waals surface area contributed by atoms with Gasteiger partial charge in [0.15, 0.2) is 5.17 Å². The molecule has 2 aromatic rings. The number of benzene rings is 1. The number of aromatic nitrogens is 1. The van der Waals surface area contributed by atoms with Crippen LogP contribution in [0.5, 0.6) is 0 Å². The minimum atomic E-state index is 0.449. The van der Waals surface area contributed by atoms with Gasteiger partial charge in [-0.25, -0.2) is 0 Å². The third-order valence-corrected chi connectivity index (χ3v) is 4.36. The lowest BCUT2D eigenvalue weighted by Crippen LogP contribution is -2.08. The molecule has 0 bridgehead atoms. The molecule has 1 aliphatic heterocycles. The molecule has 1 aliphatic rings. The van der Waals surface area contributed by atoms with Crippen molar-refractivity contribution in [3.8, 4) is 0 Å². The molecule has 4 heteroatoms. The lowest BCUT2D eigenvalue weighted by Gasteiger charge is -2.08. The molecule has 0 fully saturated rings. The number of hydrogen-bond acceptors (Lipinski definition) is 4. The summed E-state index contributed by atoms with van der Waals surface area (Å²) in [5.74, 6) is 1.78. The number of fused-ring (bicyclic) bond motifs is 1. The minimum absolute atomic E-state index is 0.449. The number of nitrogens with zero attached hydrogens (tertiary/aromatic N) is 2. The van der Waals surface area contributed by atoms with E-state index in [1.165, 1.54) is 0 Å². The smallest absolute Gasteiger partial charge is 0.161 e. The van der Waals surface area contributed by atoms with Gasteiger partial charge in [-0.2, -0.15) is 0 Å².